The van der Waals surface area contributed by atoms with E-state index in [0.29, 0.717) is 12.1 Å². The smallest absolute Gasteiger partial charge is 0.251 e. The van der Waals surface area contributed by atoms with Crippen molar-refractivity contribution in [3.05, 3.63) is 42.2 Å². The van der Waals surface area contributed by atoms with Crippen LogP contribution in [0.2, 0.25) is 0 Å². The highest BCUT2D eigenvalue weighted by molar-refractivity contribution is 5.95. The number of aromatic nitrogens is 2. The van der Waals surface area contributed by atoms with Gasteiger partial charge in [-0.1, -0.05) is 44.2 Å². The fraction of sp³-hybridized carbons (Fsp3) is 0.476. The van der Waals surface area contributed by atoms with Crippen LogP contribution >= 0.6 is 0 Å². The molecule has 1 aromatic heterocycles. The number of hydrogen-bond acceptors (Lipinski definition) is 3. The first kappa shape index (κ1) is 19.1. The van der Waals surface area contributed by atoms with Crippen LogP contribution in [-0.2, 0) is 11.3 Å². The molecule has 0 unspecified atom stereocenters. The van der Waals surface area contributed by atoms with Crippen molar-refractivity contribution in [3.8, 4) is 11.1 Å². The number of nitrogens with zero attached hydrogens (tertiary/aromatic N) is 2. The van der Waals surface area contributed by atoms with Gasteiger partial charge in [0.2, 0.25) is 5.91 Å². The normalized spacial score (nSPS) is 15.7. The van der Waals surface area contributed by atoms with Crippen LogP contribution in [0.5, 0.6) is 0 Å². The van der Waals surface area contributed by atoms with E-state index in [9.17, 15) is 9.59 Å². The van der Waals surface area contributed by atoms with E-state index in [-0.39, 0.29) is 24.3 Å². The summed E-state index contributed by atoms with van der Waals surface area (Å²) >= 11 is 0. The van der Waals surface area contributed by atoms with Crippen molar-refractivity contribution < 1.29 is 9.59 Å². The molecule has 27 heavy (non-hydrogen) atoms. The van der Waals surface area contributed by atoms with Crippen molar-refractivity contribution in [1.82, 2.24) is 15.1 Å². The number of carbonyl (C=O) groups excluding carboxylic acids is 2. The maximum atomic E-state index is 12.7. The number of benzene rings is 1. The number of aryl methyl sites for hydroxylation is 1. The van der Waals surface area contributed by atoms with Gasteiger partial charge in [0.25, 0.3) is 5.91 Å². The minimum atomic E-state index is -0.347. The molecule has 0 radical (unpaired) electrons. The van der Waals surface area contributed by atoms with E-state index in [1.54, 1.807) is 10.9 Å². The molecule has 1 fully saturated rings. The number of rotatable bonds is 6. The Morgan fingerprint density at radius 3 is 2.59 bits per heavy atom. The number of nitrogens with two attached hydrogens (primary N) is 1. The lowest BCUT2D eigenvalue weighted by Crippen LogP contribution is -2.35. The van der Waals surface area contributed by atoms with Crippen LogP contribution in [0.4, 0.5) is 0 Å². The highest BCUT2D eigenvalue weighted by Crippen LogP contribution is 2.21. The molecule has 1 aliphatic carbocycles. The minimum Gasteiger partial charge on any atom is -0.370 e. The van der Waals surface area contributed by atoms with Gasteiger partial charge in [0.1, 0.15) is 0 Å². The zero-order valence-electron chi connectivity index (χ0n) is 15.7. The summed E-state index contributed by atoms with van der Waals surface area (Å²) in [6.07, 6.45) is 12.2. The molecule has 1 aromatic carbocycles. The van der Waals surface area contributed by atoms with Gasteiger partial charge in [0, 0.05) is 36.3 Å². The average Bonchev–Trinajstić information content (AvgIpc) is 3.11. The summed E-state index contributed by atoms with van der Waals surface area (Å²) in [7, 11) is 0. The maximum absolute atomic E-state index is 12.7. The Balaban J connectivity index is 1.65. The van der Waals surface area contributed by atoms with Crippen LogP contribution in [0.15, 0.2) is 36.7 Å². The van der Waals surface area contributed by atoms with Crippen LogP contribution in [0.1, 0.15) is 61.7 Å². The van der Waals surface area contributed by atoms with Crippen molar-refractivity contribution in [1.29, 1.82) is 0 Å². The number of hydrogen-bond donors (Lipinski definition) is 2. The summed E-state index contributed by atoms with van der Waals surface area (Å²) in [5.74, 6) is -0.358. The summed E-state index contributed by atoms with van der Waals surface area (Å²) in [5, 5.41) is 7.47. The zero-order valence-corrected chi connectivity index (χ0v) is 15.7. The number of nitrogens with one attached hydrogen (secondary N) is 1. The van der Waals surface area contributed by atoms with Crippen LogP contribution in [0, 0.1) is 0 Å². The molecule has 0 atom stereocenters. The van der Waals surface area contributed by atoms with Crippen molar-refractivity contribution in [2.24, 2.45) is 5.73 Å². The summed E-state index contributed by atoms with van der Waals surface area (Å²) in [5.41, 5.74) is 7.70. The quantitative estimate of drug-likeness (QED) is 0.820. The third-order valence-corrected chi connectivity index (χ3v) is 5.12. The molecule has 144 valence electrons. The maximum Gasteiger partial charge on any atom is 0.251 e. The predicted molar refractivity (Wildman–Crippen MR) is 105 cm³/mol. The number of carbonyl (C=O) groups is 2. The van der Waals surface area contributed by atoms with Crippen molar-refractivity contribution in [2.45, 2.75) is 64.0 Å². The van der Waals surface area contributed by atoms with Crippen molar-refractivity contribution in [3.63, 3.8) is 0 Å². The summed E-state index contributed by atoms with van der Waals surface area (Å²) in [6.45, 7) is 0.456. The summed E-state index contributed by atoms with van der Waals surface area (Å²) in [6, 6.07) is 7.87. The van der Waals surface area contributed by atoms with Gasteiger partial charge in [-0.25, -0.2) is 0 Å². The van der Waals surface area contributed by atoms with E-state index in [0.717, 1.165) is 24.0 Å². The van der Waals surface area contributed by atoms with E-state index < -0.39 is 0 Å². The van der Waals surface area contributed by atoms with E-state index in [4.69, 9.17) is 5.73 Å². The molecule has 0 saturated heterocycles. The summed E-state index contributed by atoms with van der Waals surface area (Å²) in [4.78, 5) is 23.6. The Kier molecular flexibility index (Phi) is 6.63. The molecular weight excluding hydrogens is 340 g/mol. The first-order chi connectivity index (χ1) is 13.1. The third-order valence-electron chi connectivity index (χ3n) is 5.12. The SMILES string of the molecule is NC(=O)CCn1cc(-c2cccc(C(=O)NC3CCCCCCC3)c2)cn1. The second-order valence-corrected chi connectivity index (χ2v) is 7.30. The molecule has 3 rings (SSSR count). The Bertz CT molecular complexity index is 776. The predicted octanol–water partition coefficient (Wildman–Crippen LogP) is 3.27. The van der Waals surface area contributed by atoms with E-state index in [2.05, 4.69) is 10.4 Å². The standard InChI is InChI=1S/C21H28N4O2/c22-20(26)11-12-25-15-18(14-23-25)16-7-6-8-17(13-16)21(27)24-19-9-4-2-1-3-5-10-19/h6-8,13-15,19H,1-5,9-12H2,(H2,22,26)(H,24,27). The van der Waals surface area contributed by atoms with Crippen LogP contribution in [0.25, 0.3) is 11.1 Å². The van der Waals surface area contributed by atoms with E-state index in [1.807, 2.05) is 30.5 Å². The second kappa shape index (κ2) is 9.35. The highest BCUT2D eigenvalue weighted by atomic mass is 16.2. The van der Waals surface area contributed by atoms with E-state index in [1.165, 1.54) is 32.1 Å². The van der Waals surface area contributed by atoms with Gasteiger partial charge < -0.3 is 11.1 Å². The largest absolute Gasteiger partial charge is 0.370 e. The molecule has 2 aromatic rings. The Morgan fingerprint density at radius 2 is 1.85 bits per heavy atom. The number of primary amides is 1. The Morgan fingerprint density at radius 1 is 1.11 bits per heavy atom. The van der Waals surface area contributed by atoms with Crippen LogP contribution < -0.4 is 11.1 Å². The van der Waals surface area contributed by atoms with Gasteiger partial charge in [-0.3, -0.25) is 14.3 Å². The Hall–Kier alpha value is -2.63. The lowest BCUT2D eigenvalue weighted by Gasteiger charge is -2.21. The zero-order chi connectivity index (χ0) is 19.1. The van der Waals surface area contributed by atoms with Crippen LogP contribution in [-0.4, -0.2) is 27.6 Å². The van der Waals surface area contributed by atoms with E-state index >= 15 is 0 Å². The molecular formula is C21H28N4O2. The third kappa shape index (κ3) is 5.67. The second-order valence-electron chi connectivity index (χ2n) is 7.30. The topological polar surface area (TPSA) is 90.0 Å². The lowest BCUT2D eigenvalue weighted by molar-refractivity contribution is -0.118. The molecule has 1 saturated carbocycles. The van der Waals surface area contributed by atoms with Gasteiger partial charge in [0.05, 0.1) is 6.20 Å². The fourth-order valence-electron chi connectivity index (χ4n) is 3.57. The minimum absolute atomic E-state index is 0.0106. The first-order valence-electron chi connectivity index (χ1n) is 9.84. The molecule has 1 heterocycles. The molecule has 2 amide bonds. The monoisotopic (exact) mass is 368 g/mol. The molecule has 3 N–H and O–H groups in total. The van der Waals surface area contributed by atoms with Crippen molar-refractivity contribution >= 4 is 11.8 Å². The first-order valence-corrected chi connectivity index (χ1v) is 9.84. The van der Waals surface area contributed by atoms with Crippen LogP contribution in [0.3, 0.4) is 0 Å². The average molecular weight is 368 g/mol. The lowest BCUT2D eigenvalue weighted by atomic mass is 9.96. The molecule has 1 aliphatic rings. The van der Waals surface area contributed by atoms with Gasteiger partial charge in [-0.15, -0.1) is 0 Å². The molecule has 0 aliphatic heterocycles. The molecule has 0 bridgehead atoms. The van der Waals surface area contributed by atoms with Crippen molar-refractivity contribution in [2.75, 3.05) is 0 Å². The van der Waals surface area contributed by atoms with Gasteiger partial charge >= 0.3 is 0 Å². The van der Waals surface area contributed by atoms with Gasteiger partial charge in [-0.2, -0.15) is 5.10 Å². The Labute approximate surface area is 160 Å². The molecule has 6 nitrogen and oxygen atoms in total. The molecule has 0 spiro atoms. The summed E-state index contributed by atoms with van der Waals surface area (Å²) < 4.78 is 1.70. The highest BCUT2D eigenvalue weighted by Gasteiger charge is 2.15. The molecule has 6 heteroatoms. The number of amides is 2. The van der Waals surface area contributed by atoms with Gasteiger partial charge in [-0.05, 0) is 30.5 Å². The fourth-order valence-corrected chi connectivity index (χ4v) is 3.57. The van der Waals surface area contributed by atoms with Gasteiger partial charge in [0.15, 0.2) is 0 Å².